The van der Waals surface area contributed by atoms with E-state index >= 15 is 0 Å². The van der Waals surface area contributed by atoms with E-state index in [2.05, 4.69) is 10.6 Å². The summed E-state index contributed by atoms with van der Waals surface area (Å²) in [5, 5.41) is 6.10. The SMILES string of the molecule is CCOc1ccc(NCc2ccc(NC(C)=O)cc2)cc1. The second-order valence-corrected chi connectivity index (χ2v) is 4.69. The van der Waals surface area contributed by atoms with Gasteiger partial charge in [-0.05, 0) is 48.9 Å². The van der Waals surface area contributed by atoms with Crippen molar-refractivity contribution in [3.05, 3.63) is 54.1 Å². The molecule has 0 aliphatic heterocycles. The van der Waals surface area contributed by atoms with E-state index in [9.17, 15) is 4.79 Å². The highest BCUT2D eigenvalue weighted by atomic mass is 16.5. The van der Waals surface area contributed by atoms with Crippen molar-refractivity contribution in [2.24, 2.45) is 0 Å². The van der Waals surface area contributed by atoms with Gasteiger partial charge >= 0.3 is 0 Å². The largest absolute Gasteiger partial charge is 0.494 e. The molecule has 0 saturated heterocycles. The molecular formula is C17H20N2O2. The minimum Gasteiger partial charge on any atom is -0.494 e. The lowest BCUT2D eigenvalue weighted by atomic mass is 10.2. The van der Waals surface area contributed by atoms with Crippen molar-refractivity contribution in [1.82, 2.24) is 0 Å². The van der Waals surface area contributed by atoms with Crippen LogP contribution in [0, 0.1) is 0 Å². The van der Waals surface area contributed by atoms with Crippen molar-refractivity contribution in [1.29, 1.82) is 0 Å². The molecule has 0 heterocycles. The summed E-state index contributed by atoms with van der Waals surface area (Å²) < 4.78 is 5.41. The fourth-order valence-electron chi connectivity index (χ4n) is 1.95. The van der Waals surface area contributed by atoms with Gasteiger partial charge in [-0.25, -0.2) is 0 Å². The number of benzene rings is 2. The average molecular weight is 284 g/mol. The fraction of sp³-hybridized carbons (Fsp3) is 0.235. The van der Waals surface area contributed by atoms with Crippen LogP contribution in [0.1, 0.15) is 19.4 Å². The number of hydrogen-bond acceptors (Lipinski definition) is 3. The van der Waals surface area contributed by atoms with E-state index in [4.69, 9.17) is 4.74 Å². The third kappa shape index (κ3) is 4.84. The summed E-state index contributed by atoms with van der Waals surface area (Å²) in [6, 6.07) is 15.7. The molecular weight excluding hydrogens is 264 g/mol. The minimum atomic E-state index is -0.0599. The molecule has 0 atom stereocenters. The van der Waals surface area contributed by atoms with Gasteiger partial charge < -0.3 is 15.4 Å². The summed E-state index contributed by atoms with van der Waals surface area (Å²) in [5.41, 5.74) is 3.01. The number of rotatable bonds is 6. The number of amides is 1. The Labute approximate surface area is 125 Å². The lowest BCUT2D eigenvalue weighted by Crippen LogP contribution is -2.06. The van der Waals surface area contributed by atoms with Crippen LogP contribution in [-0.2, 0) is 11.3 Å². The molecule has 2 aromatic rings. The van der Waals surface area contributed by atoms with Gasteiger partial charge in [-0.1, -0.05) is 12.1 Å². The number of ether oxygens (including phenoxy) is 1. The van der Waals surface area contributed by atoms with Crippen molar-refractivity contribution in [3.8, 4) is 5.75 Å². The van der Waals surface area contributed by atoms with Crippen LogP contribution < -0.4 is 15.4 Å². The molecule has 0 fully saturated rings. The Morgan fingerprint density at radius 3 is 2.19 bits per heavy atom. The molecule has 0 spiro atoms. The first kappa shape index (κ1) is 14.9. The third-order valence-corrected chi connectivity index (χ3v) is 2.94. The second-order valence-electron chi connectivity index (χ2n) is 4.69. The summed E-state index contributed by atoms with van der Waals surface area (Å²) in [7, 11) is 0. The molecule has 4 heteroatoms. The zero-order valence-electron chi connectivity index (χ0n) is 12.3. The van der Waals surface area contributed by atoms with Gasteiger partial charge in [0, 0.05) is 24.8 Å². The first-order valence-electron chi connectivity index (χ1n) is 7.00. The highest BCUT2D eigenvalue weighted by Gasteiger charge is 1.98. The summed E-state index contributed by atoms with van der Waals surface area (Å²) in [6.45, 7) is 4.87. The van der Waals surface area contributed by atoms with E-state index in [1.807, 2.05) is 55.5 Å². The number of carbonyl (C=O) groups is 1. The van der Waals surface area contributed by atoms with Crippen LogP contribution in [-0.4, -0.2) is 12.5 Å². The van der Waals surface area contributed by atoms with Gasteiger partial charge in [0.25, 0.3) is 0 Å². The van der Waals surface area contributed by atoms with Gasteiger partial charge in [0.05, 0.1) is 6.61 Å². The lowest BCUT2D eigenvalue weighted by Gasteiger charge is -2.09. The molecule has 0 aromatic heterocycles. The van der Waals surface area contributed by atoms with Gasteiger partial charge in [-0.2, -0.15) is 0 Å². The maximum absolute atomic E-state index is 10.9. The molecule has 110 valence electrons. The van der Waals surface area contributed by atoms with E-state index in [-0.39, 0.29) is 5.91 Å². The van der Waals surface area contributed by atoms with Crippen molar-refractivity contribution in [2.45, 2.75) is 20.4 Å². The Balaban J connectivity index is 1.88. The molecule has 1 amide bonds. The van der Waals surface area contributed by atoms with Gasteiger partial charge in [0.1, 0.15) is 5.75 Å². The van der Waals surface area contributed by atoms with Crippen LogP contribution in [0.2, 0.25) is 0 Å². The number of anilines is 2. The predicted octanol–water partition coefficient (Wildman–Crippen LogP) is 3.66. The van der Waals surface area contributed by atoms with Crippen LogP contribution in [0.5, 0.6) is 5.75 Å². The van der Waals surface area contributed by atoms with Crippen LogP contribution in [0.15, 0.2) is 48.5 Å². The van der Waals surface area contributed by atoms with Crippen molar-refractivity contribution < 1.29 is 9.53 Å². The molecule has 2 N–H and O–H groups in total. The molecule has 0 aliphatic rings. The number of carbonyl (C=O) groups excluding carboxylic acids is 1. The maximum Gasteiger partial charge on any atom is 0.221 e. The number of nitrogens with one attached hydrogen (secondary N) is 2. The summed E-state index contributed by atoms with van der Waals surface area (Å²) in [4.78, 5) is 10.9. The topological polar surface area (TPSA) is 50.4 Å². The van der Waals surface area contributed by atoms with Crippen LogP contribution in [0.4, 0.5) is 11.4 Å². The van der Waals surface area contributed by atoms with Crippen LogP contribution in [0.3, 0.4) is 0 Å². The zero-order valence-corrected chi connectivity index (χ0v) is 12.3. The lowest BCUT2D eigenvalue weighted by molar-refractivity contribution is -0.114. The van der Waals surface area contributed by atoms with E-state index in [1.165, 1.54) is 6.92 Å². The molecule has 4 nitrogen and oxygen atoms in total. The van der Waals surface area contributed by atoms with Gasteiger partial charge in [0.15, 0.2) is 0 Å². The predicted molar refractivity (Wildman–Crippen MR) is 85.7 cm³/mol. The third-order valence-electron chi connectivity index (χ3n) is 2.94. The Morgan fingerprint density at radius 1 is 1.00 bits per heavy atom. The number of hydrogen-bond donors (Lipinski definition) is 2. The van der Waals surface area contributed by atoms with Crippen molar-refractivity contribution in [3.63, 3.8) is 0 Å². The van der Waals surface area contributed by atoms with Crippen LogP contribution >= 0.6 is 0 Å². The highest BCUT2D eigenvalue weighted by molar-refractivity contribution is 5.88. The van der Waals surface area contributed by atoms with E-state index in [0.717, 1.165) is 29.2 Å². The van der Waals surface area contributed by atoms with Crippen molar-refractivity contribution >= 4 is 17.3 Å². The Hall–Kier alpha value is -2.49. The molecule has 0 radical (unpaired) electrons. The van der Waals surface area contributed by atoms with Gasteiger partial charge in [-0.15, -0.1) is 0 Å². The maximum atomic E-state index is 10.9. The van der Waals surface area contributed by atoms with Gasteiger partial charge in [-0.3, -0.25) is 4.79 Å². The molecule has 0 unspecified atom stereocenters. The summed E-state index contributed by atoms with van der Waals surface area (Å²) in [5.74, 6) is 0.818. The Morgan fingerprint density at radius 2 is 1.62 bits per heavy atom. The Bertz CT molecular complexity index is 577. The molecule has 0 aliphatic carbocycles. The second kappa shape index (κ2) is 7.33. The molecule has 2 aromatic carbocycles. The normalized spacial score (nSPS) is 10.0. The molecule has 0 bridgehead atoms. The summed E-state index contributed by atoms with van der Waals surface area (Å²) >= 11 is 0. The van der Waals surface area contributed by atoms with Crippen molar-refractivity contribution in [2.75, 3.05) is 17.2 Å². The van der Waals surface area contributed by atoms with E-state index in [1.54, 1.807) is 0 Å². The van der Waals surface area contributed by atoms with E-state index < -0.39 is 0 Å². The Kier molecular flexibility index (Phi) is 5.21. The van der Waals surface area contributed by atoms with Gasteiger partial charge in [0.2, 0.25) is 5.91 Å². The highest BCUT2D eigenvalue weighted by Crippen LogP contribution is 2.17. The standard InChI is InChI=1S/C17H20N2O2/c1-3-21-17-10-8-15(9-11-17)18-12-14-4-6-16(7-5-14)19-13(2)20/h4-11,18H,3,12H2,1-2H3,(H,19,20). The molecule has 2 rings (SSSR count). The first-order chi connectivity index (χ1) is 10.2. The monoisotopic (exact) mass is 284 g/mol. The molecule has 0 saturated carbocycles. The fourth-order valence-corrected chi connectivity index (χ4v) is 1.95. The smallest absolute Gasteiger partial charge is 0.221 e. The quantitative estimate of drug-likeness (QED) is 0.851. The summed E-state index contributed by atoms with van der Waals surface area (Å²) in [6.07, 6.45) is 0. The first-order valence-corrected chi connectivity index (χ1v) is 7.00. The van der Waals surface area contributed by atoms with Crippen LogP contribution in [0.25, 0.3) is 0 Å². The van der Waals surface area contributed by atoms with E-state index in [0.29, 0.717) is 6.61 Å². The zero-order chi connectivity index (χ0) is 15.1. The minimum absolute atomic E-state index is 0.0599. The molecule has 21 heavy (non-hydrogen) atoms. The average Bonchev–Trinajstić information content (AvgIpc) is 2.48.